The number of methoxy groups -OCH3 is 1. The van der Waals surface area contributed by atoms with Crippen molar-refractivity contribution in [1.29, 1.82) is 0 Å². The van der Waals surface area contributed by atoms with Crippen LogP contribution in [0.1, 0.15) is 49.3 Å². The molecule has 2 bridgehead atoms. The Morgan fingerprint density at radius 3 is 2.71 bits per heavy atom. The Balaban J connectivity index is 1.33. The van der Waals surface area contributed by atoms with Crippen LogP contribution in [0.25, 0.3) is 6.08 Å². The lowest BCUT2D eigenvalue weighted by molar-refractivity contribution is -0.119. The first-order valence-electron chi connectivity index (χ1n) is 13.6. The zero-order valence-electron chi connectivity index (χ0n) is 21.4. The summed E-state index contributed by atoms with van der Waals surface area (Å²) in [7, 11) is 4.12. The first-order valence-corrected chi connectivity index (χ1v) is 13.6. The maximum absolute atomic E-state index is 7.13. The molecule has 2 saturated carbocycles. The summed E-state index contributed by atoms with van der Waals surface area (Å²) in [5.74, 6) is 2.31. The van der Waals surface area contributed by atoms with Crippen molar-refractivity contribution < 1.29 is 9.47 Å². The van der Waals surface area contributed by atoms with Gasteiger partial charge in [-0.1, -0.05) is 42.5 Å². The Morgan fingerprint density at radius 1 is 1.11 bits per heavy atom. The summed E-state index contributed by atoms with van der Waals surface area (Å²) in [6.45, 7) is 6.60. The Bertz CT molecular complexity index is 1160. The fourth-order valence-corrected chi connectivity index (χ4v) is 8.42. The van der Waals surface area contributed by atoms with Crippen LogP contribution in [0.3, 0.4) is 0 Å². The summed E-state index contributed by atoms with van der Waals surface area (Å²) in [5.41, 5.74) is 5.63. The van der Waals surface area contributed by atoms with Gasteiger partial charge in [0.05, 0.1) is 24.7 Å². The maximum atomic E-state index is 7.13. The van der Waals surface area contributed by atoms with Crippen LogP contribution in [0, 0.1) is 11.8 Å². The molecule has 2 saturated heterocycles. The smallest absolute Gasteiger partial charge is 0.119 e. The molecule has 1 spiro atoms. The van der Waals surface area contributed by atoms with Crippen molar-refractivity contribution in [1.82, 2.24) is 9.80 Å². The lowest BCUT2D eigenvalue weighted by atomic mass is 9.49. The molecule has 5 aliphatic rings. The molecule has 3 aliphatic carbocycles. The number of benzene rings is 2. The number of likely N-dealkylation sites (tertiary alicyclic amines) is 1. The fraction of sp³-hybridized carbons (Fsp3) is 0.548. The topological polar surface area (TPSA) is 24.9 Å². The van der Waals surface area contributed by atoms with Gasteiger partial charge in [-0.15, -0.1) is 0 Å². The second kappa shape index (κ2) is 7.93. The van der Waals surface area contributed by atoms with E-state index in [4.69, 9.17) is 9.47 Å². The number of fused-ring (bicyclic) bond motifs is 1. The second-order valence-electron chi connectivity index (χ2n) is 11.8. The molecule has 0 radical (unpaired) electrons. The molecular formula is C31H38N2O2. The summed E-state index contributed by atoms with van der Waals surface area (Å²) in [4.78, 5) is 5.38. The van der Waals surface area contributed by atoms with Crippen LogP contribution in [0.2, 0.25) is 0 Å². The number of hydrogen-bond acceptors (Lipinski definition) is 4. The molecule has 4 fully saturated rings. The number of rotatable bonds is 6. The van der Waals surface area contributed by atoms with E-state index >= 15 is 0 Å². The number of ether oxygens (including phenoxy) is 2. The molecule has 5 unspecified atom stereocenters. The third kappa shape index (κ3) is 3.03. The molecule has 2 aromatic carbocycles. The van der Waals surface area contributed by atoms with E-state index in [9.17, 15) is 0 Å². The highest BCUT2D eigenvalue weighted by atomic mass is 16.5. The van der Waals surface area contributed by atoms with Crippen LogP contribution in [0.4, 0.5) is 0 Å². The highest BCUT2D eigenvalue weighted by molar-refractivity contribution is 5.74. The molecule has 4 heteroatoms. The average molecular weight is 471 g/mol. The van der Waals surface area contributed by atoms with Crippen molar-refractivity contribution in [3.63, 3.8) is 0 Å². The largest absolute Gasteiger partial charge is 0.497 e. The van der Waals surface area contributed by atoms with Crippen LogP contribution in [-0.2, 0) is 16.7 Å². The van der Waals surface area contributed by atoms with Crippen molar-refractivity contribution in [2.75, 3.05) is 33.9 Å². The molecule has 0 amide bonds. The third-order valence-corrected chi connectivity index (χ3v) is 10.2. The van der Waals surface area contributed by atoms with Crippen LogP contribution < -0.4 is 4.74 Å². The summed E-state index contributed by atoms with van der Waals surface area (Å²) < 4.78 is 12.9. The molecule has 2 aromatic rings. The monoisotopic (exact) mass is 470 g/mol. The van der Waals surface area contributed by atoms with E-state index in [0.29, 0.717) is 18.0 Å². The minimum absolute atomic E-state index is 0.0514. The molecular weight excluding hydrogens is 432 g/mol. The normalized spacial score (nSPS) is 35.4. The van der Waals surface area contributed by atoms with Gasteiger partial charge in [-0.3, -0.25) is 9.80 Å². The Kier molecular flexibility index (Phi) is 5.00. The Morgan fingerprint density at radius 2 is 1.94 bits per heavy atom. The van der Waals surface area contributed by atoms with Crippen LogP contribution >= 0.6 is 0 Å². The van der Waals surface area contributed by atoms with Gasteiger partial charge in [0, 0.05) is 37.6 Å². The van der Waals surface area contributed by atoms with E-state index in [1.165, 1.54) is 42.5 Å². The molecule has 4 nitrogen and oxygen atoms in total. The van der Waals surface area contributed by atoms with Crippen molar-refractivity contribution in [2.45, 2.75) is 62.3 Å². The van der Waals surface area contributed by atoms with Gasteiger partial charge >= 0.3 is 0 Å². The Labute approximate surface area is 209 Å². The standard InChI is InChI=1S/C31H38N2O2/c1-21-30-14-13-29(32(2)17-22-7-5-4-6-8-22)28(20-35-30)31(30)25(19-33(21)18-23-9-10-23)15-24-11-12-26(34-3)16-27(24)31/h4-8,11-12,15-16,21,23,28-29H,9-10,13-14,17-20H2,1-3H3. The predicted octanol–water partition coefficient (Wildman–Crippen LogP) is 5.12. The third-order valence-electron chi connectivity index (χ3n) is 10.2. The zero-order valence-corrected chi connectivity index (χ0v) is 21.4. The van der Waals surface area contributed by atoms with Crippen LogP contribution in [0.5, 0.6) is 5.75 Å². The Hall–Kier alpha value is -2.14. The van der Waals surface area contributed by atoms with E-state index in [2.05, 4.69) is 78.4 Å². The SMILES string of the molecule is COc1ccc2c(c1)C13C(=C2)CN(CC2CC2)C(C)C12CCC(N(C)Cc1ccccc1)C3CO2. The van der Waals surface area contributed by atoms with Gasteiger partial charge in [0.2, 0.25) is 0 Å². The summed E-state index contributed by atoms with van der Waals surface area (Å²) in [6, 6.07) is 18.6. The van der Waals surface area contributed by atoms with Gasteiger partial charge in [0.1, 0.15) is 5.75 Å². The quantitative estimate of drug-likeness (QED) is 0.585. The van der Waals surface area contributed by atoms with Gasteiger partial charge in [-0.05, 0) is 80.0 Å². The molecule has 2 heterocycles. The van der Waals surface area contributed by atoms with Crippen LogP contribution in [0.15, 0.2) is 54.1 Å². The first-order chi connectivity index (χ1) is 17.1. The maximum Gasteiger partial charge on any atom is 0.119 e. The van der Waals surface area contributed by atoms with Crippen molar-refractivity contribution in [3.8, 4) is 5.75 Å². The molecule has 35 heavy (non-hydrogen) atoms. The van der Waals surface area contributed by atoms with E-state index < -0.39 is 0 Å². The highest BCUT2D eigenvalue weighted by Crippen LogP contribution is 2.68. The summed E-state index contributed by atoms with van der Waals surface area (Å²) in [5, 5.41) is 0. The second-order valence-corrected chi connectivity index (χ2v) is 11.8. The number of piperidine rings is 1. The van der Waals surface area contributed by atoms with Gasteiger partial charge in [0.25, 0.3) is 0 Å². The summed E-state index contributed by atoms with van der Waals surface area (Å²) in [6.07, 6.45) is 7.63. The van der Waals surface area contributed by atoms with Gasteiger partial charge in [-0.25, -0.2) is 0 Å². The van der Waals surface area contributed by atoms with E-state index in [-0.39, 0.29) is 11.0 Å². The van der Waals surface area contributed by atoms with Gasteiger partial charge in [0.15, 0.2) is 0 Å². The molecule has 2 aliphatic heterocycles. The number of hydrogen-bond donors (Lipinski definition) is 0. The molecule has 5 atom stereocenters. The predicted molar refractivity (Wildman–Crippen MR) is 140 cm³/mol. The minimum Gasteiger partial charge on any atom is -0.497 e. The van der Waals surface area contributed by atoms with E-state index in [1.807, 2.05) is 0 Å². The van der Waals surface area contributed by atoms with E-state index in [0.717, 1.165) is 37.8 Å². The van der Waals surface area contributed by atoms with Gasteiger partial charge < -0.3 is 9.47 Å². The zero-order chi connectivity index (χ0) is 23.8. The number of nitrogens with zero attached hydrogens (tertiary/aromatic N) is 2. The average Bonchev–Trinajstić information content (AvgIpc) is 3.60. The van der Waals surface area contributed by atoms with Crippen molar-refractivity contribution in [2.24, 2.45) is 11.8 Å². The minimum atomic E-state index is -0.154. The molecule has 0 N–H and O–H groups in total. The molecule has 184 valence electrons. The lowest BCUT2D eigenvalue weighted by Gasteiger charge is -2.61. The highest BCUT2D eigenvalue weighted by Gasteiger charge is 2.73. The molecule has 0 aromatic heterocycles. The lowest BCUT2D eigenvalue weighted by Crippen LogP contribution is -2.71. The fourth-order valence-electron chi connectivity index (χ4n) is 8.42. The first kappa shape index (κ1) is 22.1. The van der Waals surface area contributed by atoms with Crippen LogP contribution in [-0.4, -0.2) is 61.3 Å². The van der Waals surface area contributed by atoms with Crippen molar-refractivity contribution in [3.05, 3.63) is 70.8 Å². The van der Waals surface area contributed by atoms with Crippen molar-refractivity contribution >= 4 is 6.08 Å². The van der Waals surface area contributed by atoms with Gasteiger partial charge in [-0.2, -0.15) is 0 Å². The summed E-state index contributed by atoms with van der Waals surface area (Å²) >= 11 is 0. The van der Waals surface area contributed by atoms with E-state index in [1.54, 1.807) is 12.7 Å². The molecule has 7 rings (SSSR count).